The molecule has 1 aromatic rings. The average molecular weight is 257 g/mol. The lowest BCUT2D eigenvalue weighted by Gasteiger charge is -2.30. The standard InChI is InChI=1S/C12H19NOS2/c1-2-13-11(8-10-4-3-6-16-10)12-9-15-7-5-14-12/h3-4,6,11-13H,2,5,7-9H2,1H3. The zero-order valence-corrected chi connectivity index (χ0v) is 11.3. The Bertz CT molecular complexity index is 283. The zero-order chi connectivity index (χ0) is 11.2. The first kappa shape index (κ1) is 12.4. The van der Waals surface area contributed by atoms with Gasteiger partial charge in [-0.3, -0.25) is 0 Å². The van der Waals surface area contributed by atoms with Crippen LogP contribution in [0, 0.1) is 0 Å². The lowest BCUT2D eigenvalue weighted by molar-refractivity contribution is 0.0478. The zero-order valence-electron chi connectivity index (χ0n) is 9.65. The lowest BCUT2D eigenvalue weighted by atomic mass is 10.1. The number of ether oxygens (including phenoxy) is 1. The van der Waals surface area contributed by atoms with Gasteiger partial charge in [0.25, 0.3) is 0 Å². The third-order valence-electron chi connectivity index (χ3n) is 2.76. The number of rotatable bonds is 5. The molecule has 2 unspecified atom stereocenters. The van der Waals surface area contributed by atoms with Gasteiger partial charge in [0.15, 0.2) is 0 Å². The molecule has 0 bridgehead atoms. The van der Waals surface area contributed by atoms with Gasteiger partial charge in [-0.15, -0.1) is 11.3 Å². The van der Waals surface area contributed by atoms with Crippen LogP contribution in [0.1, 0.15) is 11.8 Å². The minimum atomic E-state index is 0.376. The monoisotopic (exact) mass is 257 g/mol. The SMILES string of the molecule is CCNC(Cc1cccs1)C1CSCCO1. The van der Waals surface area contributed by atoms with Gasteiger partial charge in [-0.25, -0.2) is 0 Å². The highest BCUT2D eigenvalue weighted by atomic mass is 32.2. The molecule has 2 atom stereocenters. The molecule has 1 aliphatic rings. The third kappa shape index (κ3) is 3.48. The van der Waals surface area contributed by atoms with Crippen LogP contribution in [0.15, 0.2) is 17.5 Å². The van der Waals surface area contributed by atoms with E-state index in [-0.39, 0.29) is 0 Å². The van der Waals surface area contributed by atoms with Crippen LogP contribution in [-0.2, 0) is 11.2 Å². The lowest BCUT2D eigenvalue weighted by Crippen LogP contribution is -2.46. The minimum absolute atomic E-state index is 0.376. The predicted octanol–water partition coefficient (Wildman–Crippen LogP) is 2.40. The van der Waals surface area contributed by atoms with Gasteiger partial charge in [0, 0.05) is 22.4 Å². The topological polar surface area (TPSA) is 21.3 Å². The van der Waals surface area contributed by atoms with Crippen molar-refractivity contribution in [1.29, 1.82) is 0 Å². The van der Waals surface area contributed by atoms with Gasteiger partial charge in [0.1, 0.15) is 0 Å². The molecule has 1 N–H and O–H groups in total. The molecule has 0 amide bonds. The molecule has 2 heterocycles. The molecular weight excluding hydrogens is 238 g/mol. The number of likely N-dealkylation sites (N-methyl/N-ethyl adjacent to an activating group) is 1. The summed E-state index contributed by atoms with van der Waals surface area (Å²) in [5.41, 5.74) is 0. The summed E-state index contributed by atoms with van der Waals surface area (Å²) < 4.78 is 5.86. The molecule has 0 aromatic carbocycles. The fourth-order valence-corrected chi connectivity index (χ4v) is 3.69. The van der Waals surface area contributed by atoms with E-state index in [0.717, 1.165) is 31.1 Å². The predicted molar refractivity (Wildman–Crippen MR) is 72.6 cm³/mol. The van der Waals surface area contributed by atoms with Crippen molar-refractivity contribution in [2.24, 2.45) is 0 Å². The van der Waals surface area contributed by atoms with E-state index in [9.17, 15) is 0 Å². The summed E-state index contributed by atoms with van der Waals surface area (Å²) in [6, 6.07) is 4.81. The summed E-state index contributed by atoms with van der Waals surface area (Å²) in [5.74, 6) is 2.28. The summed E-state index contributed by atoms with van der Waals surface area (Å²) in [5, 5.41) is 5.71. The maximum Gasteiger partial charge on any atom is 0.0822 e. The molecule has 0 aliphatic carbocycles. The molecule has 90 valence electrons. The highest BCUT2D eigenvalue weighted by molar-refractivity contribution is 7.99. The minimum Gasteiger partial charge on any atom is -0.375 e. The Morgan fingerprint density at radius 3 is 3.19 bits per heavy atom. The van der Waals surface area contributed by atoms with Crippen LogP contribution in [-0.4, -0.2) is 36.8 Å². The average Bonchev–Trinajstić information content (AvgIpc) is 2.83. The van der Waals surface area contributed by atoms with E-state index in [2.05, 4.69) is 29.8 Å². The van der Waals surface area contributed by atoms with Crippen LogP contribution in [0.5, 0.6) is 0 Å². The van der Waals surface area contributed by atoms with Crippen LogP contribution in [0.4, 0.5) is 0 Å². The molecule has 2 rings (SSSR count). The van der Waals surface area contributed by atoms with Gasteiger partial charge in [-0.1, -0.05) is 13.0 Å². The molecule has 1 fully saturated rings. The first-order chi connectivity index (χ1) is 7.90. The number of hydrogen-bond donors (Lipinski definition) is 1. The Hall–Kier alpha value is -0.0300. The molecule has 1 saturated heterocycles. The third-order valence-corrected chi connectivity index (χ3v) is 4.68. The molecule has 4 heteroatoms. The Balaban J connectivity index is 1.92. The normalized spacial score (nSPS) is 23.2. The van der Waals surface area contributed by atoms with Crippen molar-refractivity contribution in [3.63, 3.8) is 0 Å². The number of thioether (sulfide) groups is 1. The first-order valence-electron chi connectivity index (χ1n) is 5.85. The summed E-state index contributed by atoms with van der Waals surface area (Å²) in [4.78, 5) is 1.45. The summed E-state index contributed by atoms with van der Waals surface area (Å²) >= 11 is 3.85. The van der Waals surface area contributed by atoms with Gasteiger partial charge >= 0.3 is 0 Å². The van der Waals surface area contributed by atoms with Crippen molar-refractivity contribution in [1.82, 2.24) is 5.32 Å². The Morgan fingerprint density at radius 2 is 2.56 bits per heavy atom. The van der Waals surface area contributed by atoms with Crippen molar-refractivity contribution in [2.45, 2.75) is 25.5 Å². The largest absolute Gasteiger partial charge is 0.375 e. The highest BCUT2D eigenvalue weighted by Gasteiger charge is 2.24. The molecule has 1 aromatic heterocycles. The number of nitrogens with one attached hydrogen (secondary N) is 1. The quantitative estimate of drug-likeness (QED) is 0.875. The van der Waals surface area contributed by atoms with Crippen LogP contribution in [0.25, 0.3) is 0 Å². The van der Waals surface area contributed by atoms with Crippen LogP contribution < -0.4 is 5.32 Å². The summed E-state index contributed by atoms with van der Waals surface area (Å²) in [6.45, 7) is 4.08. The second-order valence-electron chi connectivity index (χ2n) is 3.93. The van der Waals surface area contributed by atoms with Crippen molar-refractivity contribution in [2.75, 3.05) is 24.7 Å². The van der Waals surface area contributed by atoms with Gasteiger partial charge in [0.2, 0.25) is 0 Å². The maximum atomic E-state index is 5.86. The highest BCUT2D eigenvalue weighted by Crippen LogP contribution is 2.19. The van der Waals surface area contributed by atoms with Crippen LogP contribution in [0.3, 0.4) is 0 Å². The smallest absolute Gasteiger partial charge is 0.0822 e. The van der Waals surface area contributed by atoms with E-state index >= 15 is 0 Å². The van der Waals surface area contributed by atoms with Gasteiger partial charge in [-0.2, -0.15) is 11.8 Å². The van der Waals surface area contributed by atoms with Gasteiger partial charge in [-0.05, 0) is 24.4 Å². The summed E-state index contributed by atoms with van der Waals surface area (Å²) in [7, 11) is 0. The van der Waals surface area contributed by atoms with E-state index < -0.39 is 0 Å². The Morgan fingerprint density at radius 1 is 1.62 bits per heavy atom. The van der Waals surface area contributed by atoms with Crippen LogP contribution >= 0.6 is 23.1 Å². The van der Waals surface area contributed by atoms with Gasteiger partial charge < -0.3 is 10.1 Å². The van der Waals surface area contributed by atoms with Crippen molar-refractivity contribution < 1.29 is 4.74 Å². The molecule has 1 aliphatic heterocycles. The molecule has 0 radical (unpaired) electrons. The molecule has 0 saturated carbocycles. The molecular formula is C12H19NOS2. The molecule has 0 spiro atoms. The maximum absolute atomic E-state index is 5.86. The first-order valence-corrected chi connectivity index (χ1v) is 7.88. The van der Waals surface area contributed by atoms with Crippen molar-refractivity contribution in [3.05, 3.63) is 22.4 Å². The van der Waals surface area contributed by atoms with Gasteiger partial charge in [0.05, 0.1) is 12.7 Å². The van der Waals surface area contributed by atoms with E-state index in [4.69, 9.17) is 4.74 Å². The fraction of sp³-hybridized carbons (Fsp3) is 0.667. The number of hydrogen-bond acceptors (Lipinski definition) is 4. The Labute approximate surface area is 106 Å². The van der Waals surface area contributed by atoms with Crippen LogP contribution in [0.2, 0.25) is 0 Å². The Kier molecular flexibility index (Phi) is 5.16. The molecule has 16 heavy (non-hydrogen) atoms. The summed E-state index contributed by atoms with van der Waals surface area (Å²) in [6.07, 6.45) is 1.47. The molecule has 2 nitrogen and oxygen atoms in total. The second-order valence-corrected chi connectivity index (χ2v) is 6.11. The number of thiophene rings is 1. The van der Waals surface area contributed by atoms with Crippen molar-refractivity contribution in [3.8, 4) is 0 Å². The van der Waals surface area contributed by atoms with E-state index in [1.807, 2.05) is 23.1 Å². The van der Waals surface area contributed by atoms with E-state index in [0.29, 0.717) is 12.1 Å². The second kappa shape index (κ2) is 6.64. The van der Waals surface area contributed by atoms with Crippen molar-refractivity contribution >= 4 is 23.1 Å². The van der Waals surface area contributed by atoms with E-state index in [1.54, 1.807) is 0 Å². The van der Waals surface area contributed by atoms with E-state index in [1.165, 1.54) is 4.88 Å². The fourth-order valence-electron chi connectivity index (χ4n) is 1.98.